The minimum Gasteiger partial charge on any atom is -0.452 e. The third kappa shape index (κ3) is 5.68. The summed E-state index contributed by atoms with van der Waals surface area (Å²) >= 11 is 7.20. The number of para-hydroxylation sites is 1. The second kappa shape index (κ2) is 8.22. The molecule has 0 bridgehead atoms. The van der Waals surface area contributed by atoms with Gasteiger partial charge in [-0.2, -0.15) is 0 Å². The molecule has 0 radical (unpaired) electrons. The lowest BCUT2D eigenvalue weighted by molar-refractivity contribution is -0.150. The molecule has 1 fully saturated rings. The fourth-order valence-corrected chi connectivity index (χ4v) is 5.77. The number of esters is 1. The van der Waals surface area contributed by atoms with Crippen molar-refractivity contribution in [1.82, 2.24) is 0 Å². The maximum atomic E-state index is 12.0. The number of benzene rings is 1. The van der Waals surface area contributed by atoms with E-state index >= 15 is 0 Å². The smallest absolute Gasteiger partial charge is 0.316 e. The SMILES string of the molecule is C[C@H](OC(=O)CS[C@H]1CCS(=O)(=O)C1)C(=O)Nc1ccccc1Cl. The number of halogens is 1. The number of hydrogen-bond acceptors (Lipinski definition) is 6. The molecule has 0 aromatic heterocycles. The van der Waals surface area contributed by atoms with E-state index in [9.17, 15) is 18.0 Å². The summed E-state index contributed by atoms with van der Waals surface area (Å²) in [5.41, 5.74) is 0.442. The molecule has 1 amide bonds. The molecule has 132 valence electrons. The largest absolute Gasteiger partial charge is 0.452 e. The average Bonchev–Trinajstić information content (AvgIpc) is 2.86. The average molecular weight is 392 g/mol. The minimum atomic E-state index is -2.97. The first-order valence-corrected chi connectivity index (χ1v) is 10.6. The standard InChI is InChI=1S/C15H18ClNO5S2/c1-10(15(19)17-13-5-3-2-4-12(13)16)22-14(18)8-23-11-6-7-24(20,21)9-11/h2-5,10-11H,6-9H2,1H3,(H,17,19)/t10-,11-/m0/s1. The summed E-state index contributed by atoms with van der Waals surface area (Å²) in [7, 11) is -2.97. The van der Waals surface area contributed by atoms with E-state index < -0.39 is 27.8 Å². The molecule has 24 heavy (non-hydrogen) atoms. The van der Waals surface area contributed by atoms with E-state index in [4.69, 9.17) is 16.3 Å². The van der Waals surface area contributed by atoms with Gasteiger partial charge in [-0.05, 0) is 25.5 Å². The van der Waals surface area contributed by atoms with Crippen LogP contribution in [0.15, 0.2) is 24.3 Å². The number of nitrogens with one attached hydrogen (secondary N) is 1. The number of carbonyl (C=O) groups is 2. The first-order chi connectivity index (χ1) is 11.3. The van der Waals surface area contributed by atoms with Gasteiger partial charge >= 0.3 is 5.97 Å². The van der Waals surface area contributed by atoms with Crippen LogP contribution in [0.25, 0.3) is 0 Å². The van der Waals surface area contributed by atoms with Crippen molar-refractivity contribution in [3.05, 3.63) is 29.3 Å². The van der Waals surface area contributed by atoms with Crippen LogP contribution in [0.1, 0.15) is 13.3 Å². The summed E-state index contributed by atoms with van der Waals surface area (Å²) in [5.74, 6) is -0.760. The van der Waals surface area contributed by atoms with E-state index in [1.165, 1.54) is 18.7 Å². The van der Waals surface area contributed by atoms with Crippen LogP contribution >= 0.6 is 23.4 Å². The Morgan fingerprint density at radius 2 is 2.12 bits per heavy atom. The van der Waals surface area contributed by atoms with Gasteiger partial charge < -0.3 is 10.1 Å². The third-order valence-corrected chi connectivity index (χ3v) is 7.02. The molecule has 0 aliphatic carbocycles. The molecule has 1 saturated heterocycles. The number of sulfone groups is 1. The lowest BCUT2D eigenvalue weighted by atomic mass is 10.3. The molecule has 0 spiro atoms. The van der Waals surface area contributed by atoms with Gasteiger partial charge in [0.15, 0.2) is 15.9 Å². The Labute approximate surface area is 150 Å². The molecule has 6 nitrogen and oxygen atoms in total. The summed E-state index contributed by atoms with van der Waals surface area (Å²) in [6, 6.07) is 6.75. The Kier molecular flexibility index (Phi) is 6.54. The van der Waals surface area contributed by atoms with Gasteiger partial charge in [-0.25, -0.2) is 8.42 Å². The molecular weight excluding hydrogens is 374 g/mol. The predicted octanol–water partition coefficient (Wildman–Crippen LogP) is 2.13. The molecule has 1 heterocycles. The van der Waals surface area contributed by atoms with Gasteiger partial charge in [-0.15, -0.1) is 11.8 Å². The van der Waals surface area contributed by atoms with E-state index in [1.807, 2.05) is 0 Å². The number of anilines is 1. The highest BCUT2D eigenvalue weighted by Crippen LogP contribution is 2.24. The number of ether oxygens (including phenoxy) is 1. The van der Waals surface area contributed by atoms with Gasteiger partial charge in [-0.3, -0.25) is 9.59 Å². The lowest BCUT2D eigenvalue weighted by Gasteiger charge is -2.14. The van der Waals surface area contributed by atoms with Crippen molar-refractivity contribution < 1.29 is 22.7 Å². The Morgan fingerprint density at radius 3 is 2.75 bits per heavy atom. The fraction of sp³-hybridized carbons (Fsp3) is 0.467. The van der Waals surface area contributed by atoms with Gasteiger partial charge in [0, 0.05) is 5.25 Å². The van der Waals surface area contributed by atoms with E-state index in [-0.39, 0.29) is 22.5 Å². The molecule has 1 aliphatic rings. The van der Waals surface area contributed by atoms with Crippen molar-refractivity contribution in [3.8, 4) is 0 Å². The van der Waals surface area contributed by atoms with E-state index in [1.54, 1.807) is 24.3 Å². The maximum absolute atomic E-state index is 12.0. The van der Waals surface area contributed by atoms with Crippen molar-refractivity contribution in [2.45, 2.75) is 24.7 Å². The van der Waals surface area contributed by atoms with Crippen molar-refractivity contribution in [3.63, 3.8) is 0 Å². The Balaban J connectivity index is 1.77. The zero-order valence-electron chi connectivity index (χ0n) is 13.0. The van der Waals surface area contributed by atoms with Gasteiger partial charge in [0.05, 0.1) is 28.0 Å². The summed E-state index contributed by atoms with van der Waals surface area (Å²) in [6.45, 7) is 1.47. The Hall–Kier alpha value is -1.25. The molecule has 1 N–H and O–H groups in total. The zero-order chi connectivity index (χ0) is 17.7. The highest BCUT2D eigenvalue weighted by Gasteiger charge is 2.29. The molecule has 1 aliphatic heterocycles. The first kappa shape index (κ1) is 19.1. The zero-order valence-corrected chi connectivity index (χ0v) is 15.4. The second-order valence-corrected chi connectivity index (χ2v) is 9.36. The van der Waals surface area contributed by atoms with Gasteiger partial charge in [0.2, 0.25) is 0 Å². The highest BCUT2D eigenvalue weighted by atomic mass is 35.5. The molecule has 0 unspecified atom stereocenters. The van der Waals surface area contributed by atoms with E-state index in [0.717, 1.165) is 0 Å². The van der Waals surface area contributed by atoms with Crippen molar-refractivity contribution in [2.24, 2.45) is 0 Å². The Morgan fingerprint density at radius 1 is 1.42 bits per heavy atom. The van der Waals surface area contributed by atoms with E-state index in [0.29, 0.717) is 17.1 Å². The maximum Gasteiger partial charge on any atom is 0.316 e. The number of hydrogen-bond donors (Lipinski definition) is 1. The summed E-state index contributed by atoms with van der Waals surface area (Å²) in [5, 5.41) is 2.89. The quantitative estimate of drug-likeness (QED) is 0.747. The normalized spacial score (nSPS) is 20.3. The van der Waals surface area contributed by atoms with E-state index in [2.05, 4.69) is 5.32 Å². The van der Waals surface area contributed by atoms with Crippen LogP contribution in [0.3, 0.4) is 0 Å². The summed E-state index contributed by atoms with van der Waals surface area (Å²) in [6.07, 6.45) is -0.426. The van der Waals surface area contributed by atoms with Crippen LogP contribution < -0.4 is 5.32 Å². The van der Waals surface area contributed by atoms with Crippen LogP contribution in [0.2, 0.25) is 5.02 Å². The third-order valence-electron chi connectivity index (χ3n) is 3.44. The highest BCUT2D eigenvalue weighted by molar-refractivity contribution is 8.02. The Bertz CT molecular complexity index is 722. The molecule has 1 aromatic carbocycles. The summed E-state index contributed by atoms with van der Waals surface area (Å²) < 4.78 is 27.8. The van der Waals surface area contributed by atoms with Crippen molar-refractivity contribution in [1.29, 1.82) is 0 Å². The molecule has 1 aromatic rings. The van der Waals surface area contributed by atoms with Crippen molar-refractivity contribution >= 4 is 50.8 Å². The topological polar surface area (TPSA) is 89.5 Å². The lowest BCUT2D eigenvalue weighted by Crippen LogP contribution is -2.30. The molecule has 2 atom stereocenters. The van der Waals surface area contributed by atoms with Crippen molar-refractivity contribution in [2.75, 3.05) is 22.6 Å². The second-order valence-electron chi connectivity index (χ2n) is 5.44. The van der Waals surface area contributed by atoms with Crippen LogP contribution in [0.5, 0.6) is 0 Å². The molecule has 9 heteroatoms. The van der Waals surface area contributed by atoms with Gasteiger partial charge in [0.1, 0.15) is 0 Å². The van der Waals surface area contributed by atoms with Crippen LogP contribution in [0.4, 0.5) is 5.69 Å². The molecule has 2 rings (SSSR count). The predicted molar refractivity (Wildman–Crippen MR) is 95.2 cm³/mol. The first-order valence-electron chi connectivity index (χ1n) is 7.34. The number of amides is 1. The molecule has 0 saturated carbocycles. The number of rotatable bonds is 6. The van der Waals surface area contributed by atoms with Crippen LogP contribution in [-0.2, 0) is 24.2 Å². The fourth-order valence-electron chi connectivity index (χ4n) is 2.16. The monoisotopic (exact) mass is 391 g/mol. The minimum absolute atomic E-state index is 0.0178. The van der Waals surface area contributed by atoms with Gasteiger partial charge in [-0.1, -0.05) is 23.7 Å². The summed E-state index contributed by atoms with van der Waals surface area (Å²) in [4.78, 5) is 23.8. The van der Waals surface area contributed by atoms with Crippen LogP contribution in [-0.4, -0.2) is 48.9 Å². The van der Waals surface area contributed by atoms with Gasteiger partial charge in [0.25, 0.3) is 5.91 Å². The number of carbonyl (C=O) groups excluding carboxylic acids is 2. The van der Waals surface area contributed by atoms with Crippen LogP contribution in [0, 0.1) is 0 Å². The molecular formula is C15H18ClNO5S2. The number of thioether (sulfide) groups is 1.